The molecule has 8 nitrogen and oxygen atoms in total. The van der Waals surface area contributed by atoms with Crippen LogP contribution in [0.2, 0.25) is 5.02 Å². The molecule has 1 fully saturated rings. The third kappa shape index (κ3) is 4.91. The van der Waals surface area contributed by atoms with Gasteiger partial charge < -0.3 is 25.1 Å². The van der Waals surface area contributed by atoms with E-state index >= 15 is 0 Å². The Kier molecular flexibility index (Phi) is 6.64. The third-order valence-corrected chi connectivity index (χ3v) is 6.61. The summed E-state index contributed by atoms with van der Waals surface area (Å²) in [4.78, 5) is 29.4. The molecule has 0 spiro atoms. The van der Waals surface area contributed by atoms with Crippen LogP contribution in [0.25, 0.3) is 11.3 Å². The number of carbonyl (C=O) groups is 2. The highest BCUT2D eigenvalue weighted by atomic mass is 35.5. The van der Waals surface area contributed by atoms with E-state index < -0.39 is 12.0 Å². The van der Waals surface area contributed by atoms with Crippen LogP contribution in [0.15, 0.2) is 83.4 Å². The molecule has 4 aromatic rings. The normalized spacial score (nSPS) is 16.9. The van der Waals surface area contributed by atoms with Crippen LogP contribution in [0, 0.1) is 0 Å². The standard InChI is InChI=1S/C27H21ClN4O4S/c1-15(33)30-17-6-8-18(9-7-17)32-25(24(31-27(32)37)21-4-2-3-13-29-21)23-12-11-22(36-23)19-14-16(26(34)35)5-10-20(19)28/h2-14,24-25H,1H3,(H,30,33)(H,31,37)(H,34,35)/t24-,25+/m0/s1. The Balaban J connectivity index is 1.57. The van der Waals surface area contributed by atoms with Crippen molar-refractivity contribution in [3.8, 4) is 11.3 Å². The molecule has 37 heavy (non-hydrogen) atoms. The van der Waals surface area contributed by atoms with Gasteiger partial charge in [-0.25, -0.2) is 4.79 Å². The molecule has 10 heteroatoms. The largest absolute Gasteiger partial charge is 0.478 e. The maximum Gasteiger partial charge on any atom is 0.335 e. The van der Waals surface area contributed by atoms with E-state index in [0.29, 0.717) is 32.9 Å². The number of furan rings is 1. The minimum Gasteiger partial charge on any atom is -0.478 e. The Morgan fingerprint density at radius 2 is 1.89 bits per heavy atom. The lowest BCUT2D eigenvalue weighted by Crippen LogP contribution is -2.29. The number of amides is 1. The van der Waals surface area contributed by atoms with Gasteiger partial charge in [-0.1, -0.05) is 17.7 Å². The van der Waals surface area contributed by atoms with Gasteiger partial charge in [-0.05, 0) is 78.9 Å². The van der Waals surface area contributed by atoms with Gasteiger partial charge in [0.1, 0.15) is 17.6 Å². The number of thiocarbonyl (C=S) groups is 1. The second-order valence-corrected chi connectivity index (χ2v) is 9.22. The lowest BCUT2D eigenvalue weighted by atomic mass is 10.0. The minimum atomic E-state index is -1.06. The second kappa shape index (κ2) is 10.0. The molecule has 0 unspecified atom stereocenters. The molecule has 1 amide bonds. The fraction of sp³-hybridized carbons (Fsp3) is 0.111. The average molecular weight is 533 g/mol. The number of rotatable bonds is 6. The Labute approximate surface area is 222 Å². The van der Waals surface area contributed by atoms with E-state index in [2.05, 4.69) is 15.6 Å². The monoisotopic (exact) mass is 532 g/mol. The van der Waals surface area contributed by atoms with Crippen LogP contribution in [0.1, 0.15) is 40.8 Å². The molecule has 2 aromatic heterocycles. The highest BCUT2D eigenvalue weighted by Gasteiger charge is 2.42. The van der Waals surface area contributed by atoms with Crippen LogP contribution in [-0.4, -0.2) is 27.1 Å². The predicted octanol–water partition coefficient (Wildman–Crippen LogP) is 5.83. The van der Waals surface area contributed by atoms with Crippen LogP contribution in [0.3, 0.4) is 0 Å². The van der Waals surface area contributed by atoms with E-state index in [0.717, 1.165) is 11.4 Å². The summed E-state index contributed by atoms with van der Waals surface area (Å²) in [6, 6.07) is 20.3. The lowest BCUT2D eigenvalue weighted by molar-refractivity contribution is -0.114. The first-order chi connectivity index (χ1) is 17.8. The number of hydrogen-bond acceptors (Lipinski definition) is 5. The molecule has 3 heterocycles. The summed E-state index contributed by atoms with van der Waals surface area (Å²) >= 11 is 12.1. The molecule has 186 valence electrons. The highest BCUT2D eigenvalue weighted by Crippen LogP contribution is 2.43. The number of hydrogen-bond donors (Lipinski definition) is 3. The van der Waals surface area contributed by atoms with E-state index in [1.54, 1.807) is 24.4 Å². The fourth-order valence-electron chi connectivity index (χ4n) is 4.33. The van der Waals surface area contributed by atoms with E-state index in [4.69, 9.17) is 28.2 Å². The van der Waals surface area contributed by atoms with Gasteiger partial charge in [0.05, 0.1) is 22.3 Å². The molecule has 1 aliphatic heterocycles. The summed E-state index contributed by atoms with van der Waals surface area (Å²) in [5.74, 6) is -0.200. The number of aromatic carboxylic acids is 1. The summed E-state index contributed by atoms with van der Waals surface area (Å²) in [6.45, 7) is 1.45. The van der Waals surface area contributed by atoms with Gasteiger partial charge in [-0.3, -0.25) is 9.78 Å². The second-order valence-electron chi connectivity index (χ2n) is 8.43. The molecule has 3 N–H and O–H groups in total. The number of benzene rings is 2. The number of pyridine rings is 1. The summed E-state index contributed by atoms with van der Waals surface area (Å²) in [6.07, 6.45) is 1.72. The van der Waals surface area contributed by atoms with Crippen molar-refractivity contribution in [2.45, 2.75) is 19.0 Å². The first-order valence-electron chi connectivity index (χ1n) is 11.3. The molecule has 2 aromatic carbocycles. The van der Waals surface area contributed by atoms with Gasteiger partial charge in [-0.15, -0.1) is 0 Å². The van der Waals surface area contributed by atoms with Crippen molar-refractivity contribution in [3.05, 3.63) is 101 Å². The molecule has 0 radical (unpaired) electrons. The molecule has 1 saturated heterocycles. The van der Waals surface area contributed by atoms with E-state index in [1.165, 1.54) is 25.1 Å². The maximum atomic E-state index is 11.5. The molecule has 0 bridgehead atoms. The zero-order valence-corrected chi connectivity index (χ0v) is 21.1. The van der Waals surface area contributed by atoms with Crippen molar-refractivity contribution in [2.75, 3.05) is 10.2 Å². The number of aromatic nitrogens is 1. The number of anilines is 2. The molecule has 5 rings (SSSR count). The van der Waals surface area contributed by atoms with Crippen molar-refractivity contribution in [1.29, 1.82) is 0 Å². The van der Waals surface area contributed by atoms with Crippen molar-refractivity contribution in [2.24, 2.45) is 0 Å². The SMILES string of the molecule is CC(=O)Nc1ccc(N2C(=S)N[C@@H](c3ccccn3)[C@H]2c2ccc(-c3cc(C(=O)O)ccc3Cl)o2)cc1. The van der Waals surface area contributed by atoms with Crippen LogP contribution >= 0.6 is 23.8 Å². The molecule has 0 saturated carbocycles. The number of nitrogens with zero attached hydrogens (tertiary/aromatic N) is 2. The molecular formula is C27H21ClN4O4S. The van der Waals surface area contributed by atoms with Crippen molar-refractivity contribution >= 4 is 52.2 Å². The Hall–Kier alpha value is -4.21. The first-order valence-corrected chi connectivity index (χ1v) is 12.1. The quantitative estimate of drug-likeness (QED) is 0.266. The predicted molar refractivity (Wildman–Crippen MR) is 145 cm³/mol. The third-order valence-electron chi connectivity index (χ3n) is 5.96. The number of halogens is 1. The smallest absolute Gasteiger partial charge is 0.335 e. The summed E-state index contributed by atoms with van der Waals surface area (Å²) in [5, 5.41) is 16.4. The van der Waals surface area contributed by atoms with Crippen LogP contribution < -0.4 is 15.5 Å². The number of carboxylic acid groups (broad SMARTS) is 1. The van der Waals surface area contributed by atoms with E-state index in [-0.39, 0.29) is 17.5 Å². The van der Waals surface area contributed by atoms with Gasteiger partial charge in [-0.2, -0.15) is 0 Å². The van der Waals surface area contributed by atoms with Crippen molar-refractivity contribution in [3.63, 3.8) is 0 Å². The van der Waals surface area contributed by atoms with Crippen LogP contribution in [0.5, 0.6) is 0 Å². The Bertz CT molecular complexity index is 1490. The molecule has 0 aliphatic carbocycles. The van der Waals surface area contributed by atoms with Crippen molar-refractivity contribution < 1.29 is 19.1 Å². The van der Waals surface area contributed by atoms with Gasteiger partial charge in [0.25, 0.3) is 0 Å². The average Bonchev–Trinajstić information content (AvgIpc) is 3.49. The minimum absolute atomic E-state index is 0.105. The Morgan fingerprint density at radius 1 is 1.11 bits per heavy atom. The Morgan fingerprint density at radius 3 is 2.57 bits per heavy atom. The lowest BCUT2D eigenvalue weighted by Gasteiger charge is -2.26. The summed E-state index contributed by atoms with van der Waals surface area (Å²) in [5.41, 5.74) is 2.81. The van der Waals surface area contributed by atoms with E-state index in [1.807, 2.05) is 41.3 Å². The summed E-state index contributed by atoms with van der Waals surface area (Å²) < 4.78 is 6.29. The zero-order chi connectivity index (χ0) is 26.1. The number of carboxylic acids is 1. The van der Waals surface area contributed by atoms with Crippen LogP contribution in [0.4, 0.5) is 11.4 Å². The topological polar surface area (TPSA) is 108 Å². The molecule has 2 atom stereocenters. The zero-order valence-electron chi connectivity index (χ0n) is 19.5. The highest BCUT2D eigenvalue weighted by molar-refractivity contribution is 7.80. The van der Waals surface area contributed by atoms with E-state index in [9.17, 15) is 14.7 Å². The van der Waals surface area contributed by atoms with Crippen LogP contribution in [-0.2, 0) is 4.79 Å². The van der Waals surface area contributed by atoms with Gasteiger partial charge in [0.2, 0.25) is 5.91 Å². The maximum absolute atomic E-state index is 11.5. The molecular weight excluding hydrogens is 512 g/mol. The van der Waals surface area contributed by atoms with Gasteiger partial charge in [0.15, 0.2) is 5.11 Å². The number of nitrogens with one attached hydrogen (secondary N) is 2. The van der Waals surface area contributed by atoms with Gasteiger partial charge in [0, 0.05) is 30.1 Å². The van der Waals surface area contributed by atoms with Crippen molar-refractivity contribution in [1.82, 2.24) is 10.3 Å². The number of carbonyl (C=O) groups excluding carboxylic acids is 1. The first kappa shape index (κ1) is 24.5. The summed E-state index contributed by atoms with van der Waals surface area (Å²) in [7, 11) is 0. The molecule has 1 aliphatic rings. The fourth-order valence-corrected chi connectivity index (χ4v) is 4.89. The van der Waals surface area contributed by atoms with Gasteiger partial charge >= 0.3 is 5.97 Å².